The molecule has 1 amide bonds. The van der Waals surface area contributed by atoms with E-state index >= 15 is 0 Å². The molecule has 1 aliphatic rings. The van der Waals surface area contributed by atoms with Gasteiger partial charge in [0.05, 0.1) is 7.11 Å². The smallest absolute Gasteiger partial charge is 0.321 e. The predicted molar refractivity (Wildman–Crippen MR) is 74.3 cm³/mol. The van der Waals surface area contributed by atoms with Gasteiger partial charge in [0.1, 0.15) is 5.41 Å². The molecule has 1 fully saturated rings. The van der Waals surface area contributed by atoms with Gasteiger partial charge in [-0.15, -0.1) is 0 Å². The maximum atomic E-state index is 12.2. The Morgan fingerprint density at radius 3 is 2.68 bits per heavy atom. The lowest BCUT2D eigenvalue weighted by molar-refractivity contribution is -0.165. The Morgan fingerprint density at radius 2 is 2.16 bits per heavy atom. The van der Waals surface area contributed by atoms with Crippen molar-refractivity contribution in [2.45, 2.75) is 25.8 Å². The minimum atomic E-state index is -0.958. The number of methoxy groups -OCH3 is 1. The van der Waals surface area contributed by atoms with Crippen molar-refractivity contribution in [2.75, 3.05) is 7.11 Å². The maximum absolute atomic E-state index is 12.2. The molecule has 0 atom stereocenters. The number of carbonyl (C=O) groups is 2. The van der Waals surface area contributed by atoms with Crippen molar-refractivity contribution in [3.8, 4) is 0 Å². The van der Waals surface area contributed by atoms with Crippen molar-refractivity contribution in [2.24, 2.45) is 5.41 Å². The fraction of sp³-hybridized carbons (Fsp3) is 0.429. The second-order valence-corrected chi connectivity index (χ2v) is 5.66. The first kappa shape index (κ1) is 14.1. The summed E-state index contributed by atoms with van der Waals surface area (Å²) in [6.45, 7) is 0.414. The molecule has 1 saturated carbocycles. The summed E-state index contributed by atoms with van der Waals surface area (Å²) in [4.78, 5) is 23.9. The van der Waals surface area contributed by atoms with E-state index in [4.69, 9.17) is 4.74 Å². The van der Waals surface area contributed by atoms with E-state index in [9.17, 15) is 9.59 Å². The molecule has 5 heteroatoms. The average molecular weight is 326 g/mol. The van der Waals surface area contributed by atoms with Gasteiger partial charge < -0.3 is 10.1 Å². The standard InChI is InChI=1S/C14H16BrNO3/c1-19-13(18)14(6-3-7-14)12(17)16-9-10-4-2-5-11(15)8-10/h2,4-5,8H,3,6-7,9H2,1H3,(H,16,17). The Labute approximate surface area is 120 Å². The molecule has 0 radical (unpaired) electrons. The third-order valence-electron chi connectivity index (χ3n) is 3.56. The molecule has 0 bridgehead atoms. The number of benzene rings is 1. The van der Waals surface area contributed by atoms with Crippen LogP contribution in [0.15, 0.2) is 28.7 Å². The van der Waals surface area contributed by atoms with Crippen LogP contribution in [0.5, 0.6) is 0 Å². The lowest BCUT2D eigenvalue weighted by Crippen LogP contribution is -2.51. The number of hydrogen-bond acceptors (Lipinski definition) is 3. The van der Waals surface area contributed by atoms with Gasteiger partial charge in [0, 0.05) is 11.0 Å². The zero-order valence-electron chi connectivity index (χ0n) is 10.7. The summed E-state index contributed by atoms with van der Waals surface area (Å²) in [6, 6.07) is 7.70. The van der Waals surface area contributed by atoms with Gasteiger partial charge in [0.15, 0.2) is 0 Å². The zero-order chi connectivity index (χ0) is 13.9. The van der Waals surface area contributed by atoms with Crippen LogP contribution in [0.1, 0.15) is 24.8 Å². The molecule has 1 N–H and O–H groups in total. The number of ether oxygens (including phenoxy) is 1. The number of carbonyl (C=O) groups excluding carboxylic acids is 2. The molecular weight excluding hydrogens is 310 g/mol. The minimum absolute atomic E-state index is 0.231. The lowest BCUT2D eigenvalue weighted by Gasteiger charge is -2.37. The van der Waals surface area contributed by atoms with Crippen molar-refractivity contribution < 1.29 is 14.3 Å². The molecule has 0 aliphatic heterocycles. The van der Waals surface area contributed by atoms with Gasteiger partial charge in [-0.1, -0.05) is 34.5 Å². The zero-order valence-corrected chi connectivity index (χ0v) is 12.3. The molecule has 1 aliphatic carbocycles. The Hall–Kier alpha value is -1.36. The first-order chi connectivity index (χ1) is 9.08. The molecule has 1 aromatic rings. The Bertz CT molecular complexity index is 497. The first-order valence-electron chi connectivity index (χ1n) is 6.20. The van der Waals surface area contributed by atoms with E-state index in [1.165, 1.54) is 7.11 Å². The summed E-state index contributed by atoms with van der Waals surface area (Å²) in [6.07, 6.45) is 2.04. The van der Waals surface area contributed by atoms with Crippen molar-refractivity contribution in [1.29, 1.82) is 0 Å². The van der Waals surface area contributed by atoms with E-state index < -0.39 is 11.4 Å². The molecule has 0 aromatic heterocycles. The van der Waals surface area contributed by atoms with Crippen LogP contribution in [-0.4, -0.2) is 19.0 Å². The van der Waals surface area contributed by atoms with Gasteiger partial charge in [0.25, 0.3) is 0 Å². The van der Waals surface area contributed by atoms with Crippen molar-refractivity contribution in [3.63, 3.8) is 0 Å². The van der Waals surface area contributed by atoms with Crippen LogP contribution < -0.4 is 5.32 Å². The van der Waals surface area contributed by atoms with E-state index in [1.54, 1.807) is 0 Å². The molecule has 4 nitrogen and oxygen atoms in total. The van der Waals surface area contributed by atoms with Crippen molar-refractivity contribution in [3.05, 3.63) is 34.3 Å². The molecule has 0 spiro atoms. The van der Waals surface area contributed by atoms with Crippen molar-refractivity contribution >= 4 is 27.8 Å². The highest BCUT2D eigenvalue weighted by molar-refractivity contribution is 9.10. The molecule has 19 heavy (non-hydrogen) atoms. The largest absolute Gasteiger partial charge is 0.468 e. The quantitative estimate of drug-likeness (QED) is 0.683. The molecule has 0 unspecified atom stereocenters. The number of esters is 1. The average Bonchev–Trinajstić information content (AvgIpc) is 2.35. The minimum Gasteiger partial charge on any atom is -0.468 e. The van der Waals surface area contributed by atoms with E-state index in [-0.39, 0.29) is 5.91 Å². The first-order valence-corrected chi connectivity index (χ1v) is 6.99. The van der Waals surface area contributed by atoms with E-state index in [0.29, 0.717) is 19.4 Å². The summed E-state index contributed by atoms with van der Waals surface area (Å²) in [5.74, 6) is -0.656. The van der Waals surface area contributed by atoms with Crippen molar-refractivity contribution in [1.82, 2.24) is 5.32 Å². The normalized spacial score (nSPS) is 16.3. The topological polar surface area (TPSA) is 55.4 Å². The molecular formula is C14H16BrNO3. The van der Waals surface area contributed by atoms with Crippen LogP contribution >= 0.6 is 15.9 Å². The van der Waals surface area contributed by atoms with Crippen LogP contribution in [0.4, 0.5) is 0 Å². The van der Waals surface area contributed by atoms with Crippen LogP contribution in [-0.2, 0) is 20.9 Å². The SMILES string of the molecule is COC(=O)C1(C(=O)NCc2cccc(Br)c2)CCC1. The van der Waals surface area contributed by atoms with Gasteiger partial charge in [-0.25, -0.2) is 0 Å². The lowest BCUT2D eigenvalue weighted by atomic mass is 9.68. The summed E-state index contributed by atoms with van der Waals surface area (Å²) in [7, 11) is 1.32. The Balaban J connectivity index is 1.99. The van der Waals surface area contributed by atoms with Crippen LogP contribution in [0, 0.1) is 5.41 Å². The fourth-order valence-electron chi connectivity index (χ4n) is 2.25. The van der Waals surface area contributed by atoms with Gasteiger partial charge in [-0.2, -0.15) is 0 Å². The molecule has 2 rings (SSSR count). The summed E-state index contributed by atoms with van der Waals surface area (Å²) < 4.78 is 5.71. The van der Waals surface area contributed by atoms with Gasteiger partial charge >= 0.3 is 5.97 Å². The van der Waals surface area contributed by atoms with Crippen LogP contribution in [0.2, 0.25) is 0 Å². The Kier molecular flexibility index (Phi) is 4.24. The maximum Gasteiger partial charge on any atom is 0.321 e. The van der Waals surface area contributed by atoms with Crippen LogP contribution in [0.25, 0.3) is 0 Å². The second-order valence-electron chi connectivity index (χ2n) is 4.74. The number of halogens is 1. The second kappa shape index (κ2) is 5.74. The van der Waals surface area contributed by atoms with Crippen LogP contribution in [0.3, 0.4) is 0 Å². The molecule has 0 heterocycles. The molecule has 0 saturated heterocycles. The number of hydrogen-bond donors (Lipinski definition) is 1. The number of rotatable bonds is 4. The van der Waals surface area contributed by atoms with Gasteiger partial charge in [0.2, 0.25) is 5.91 Å². The summed E-state index contributed by atoms with van der Waals surface area (Å²) in [5, 5.41) is 2.82. The van der Waals surface area contributed by atoms with E-state index in [2.05, 4.69) is 21.2 Å². The Morgan fingerprint density at radius 1 is 1.42 bits per heavy atom. The number of nitrogens with one attached hydrogen (secondary N) is 1. The summed E-state index contributed by atoms with van der Waals surface area (Å²) in [5.41, 5.74) is 0.0304. The molecule has 102 valence electrons. The summed E-state index contributed by atoms with van der Waals surface area (Å²) >= 11 is 3.38. The van der Waals surface area contributed by atoms with E-state index in [1.807, 2.05) is 24.3 Å². The van der Waals surface area contributed by atoms with Gasteiger partial charge in [-0.05, 0) is 30.5 Å². The highest BCUT2D eigenvalue weighted by Crippen LogP contribution is 2.42. The highest BCUT2D eigenvalue weighted by Gasteiger charge is 2.51. The predicted octanol–water partition coefficient (Wildman–Crippen LogP) is 2.41. The van der Waals surface area contributed by atoms with E-state index in [0.717, 1.165) is 16.5 Å². The number of amides is 1. The fourth-order valence-corrected chi connectivity index (χ4v) is 2.69. The highest BCUT2D eigenvalue weighted by atomic mass is 79.9. The molecule has 1 aromatic carbocycles. The third-order valence-corrected chi connectivity index (χ3v) is 4.05. The monoisotopic (exact) mass is 325 g/mol. The van der Waals surface area contributed by atoms with Gasteiger partial charge in [-0.3, -0.25) is 9.59 Å². The third kappa shape index (κ3) is 2.81.